The Kier molecular flexibility index (Phi) is 9.64. The predicted octanol–water partition coefficient (Wildman–Crippen LogP) is 12.7. The van der Waals surface area contributed by atoms with Gasteiger partial charge in [0, 0.05) is 0 Å². The van der Waals surface area contributed by atoms with E-state index in [1.165, 1.54) is 51.4 Å². The summed E-state index contributed by atoms with van der Waals surface area (Å²) in [5.74, 6) is 21.8. The van der Waals surface area contributed by atoms with E-state index in [0.717, 1.165) is 131 Å². The van der Waals surface area contributed by atoms with Crippen molar-refractivity contribution in [3.05, 3.63) is 0 Å². The van der Waals surface area contributed by atoms with Gasteiger partial charge in [0.2, 0.25) is 0 Å². The number of rotatable bonds is 2. The van der Waals surface area contributed by atoms with Crippen molar-refractivity contribution in [1.82, 2.24) is 0 Å². The van der Waals surface area contributed by atoms with Crippen LogP contribution in [0.5, 0.6) is 0 Å². The van der Waals surface area contributed by atoms with Gasteiger partial charge in [-0.2, -0.15) is 0 Å². The van der Waals surface area contributed by atoms with Crippen LogP contribution in [0.3, 0.4) is 0 Å². The maximum absolute atomic E-state index is 11.9. The summed E-state index contributed by atoms with van der Waals surface area (Å²) in [6, 6.07) is 0. The molecule has 0 saturated heterocycles. The lowest BCUT2D eigenvalue weighted by Crippen LogP contribution is -2.50. The minimum Gasteiger partial charge on any atom is -0.303 e. The van der Waals surface area contributed by atoms with Gasteiger partial charge in [-0.05, 0) is 271 Å². The third kappa shape index (κ3) is 6.88. The fraction of sp³-hybridized carbons (Fsp3) is 1.00. The molecule has 55 heavy (non-hydrogen) atoms. The average molecular weight is 775 g/mol. The maximum Gasteiger partial charge on any atom is 0.469 e. The van der Waals surface area contributed by atoms with Crippen LogP contribution < -0.4 is 0 Å². The second-order valence-electron chi connectivity index (χ2n) is 24.7. The quantitative estimate of drug-likeness (QED) is 0.274. The minimum absolute atomic E-state index is 0.217. The molecule has 0 heterocycles. The lowest BCUT2D eigenvalue weighted by atomic mass is 9.46. The Labute approximate surface area is 335 Å². The zero-order chi connectivity index (χ0) is 36.6. The predicted molar refractivity (Wildman–Crippen MR) is 218 cm³/mol. The van der Waals surface area contributed by atoms with Gasteiger partial charge in [-0.25, -0.2) is 4.57 Å². The molecule has 23 unspecified atom stereocenters. The Balaban J connectivity index is 0.669. The number of hydrogen-bond donors (Lipinski definition) is 2. The van der Waals surface area contributed by atoms with Crippen LogP contribution >= 0.6 is 7.82 Å². The number of hydrogen-bond acceptors (Lipinski definition) is 2. The Bertz CT molecular complexity index is 1460. The normalized spacial score (nSPS) is 58.2. The first-order valence-corrected chi connectivity index (χ1v) is 27.0. The van der Waals surface area contributed by atoms with Crippen LogP contribution in [0.15, 0.2) is 0 Å². The Morgan fingerprint density at radius 3 is 0.818 bits per heavy atom. The van der Waals surface area contributed by atoms with Crippen molar-refractivity contribution >= 4 is 7.82 Å². The van der Waals surface area contributed by atoms with E-state index in [9.17, 15) is 14.4 Å². The second kappa shape index (κ2) is 14.4. The third-order valence-electron chi connectivity index (χ3n) is 22.6. The van der Waals surface area contributed by atoms with Gasteiger partial charge in [-0.3, -0.25) is 4.52 Å². The van der Waals surface area contributed by atoms with Gasteiger partial charge in [-0.15, -0.1) is 0 Å². The van der Waals surface area contributed by atoms with Crippen LogP contribution in [0.25, 0.3) is 0 Å². The summed E-state index contributed by atoms with van der Waals surface area (Å²) in [7, 11) is -4.42. The molecule has 23 atom stereocenters. The number of phosphoric acid groups is 1. The van der Waals surface area contributed by atoms with Crippen molar-refractivity contribution in [1.29, 1.82) is 0 Å². The summed E-state index contributed by atoms with van der Waals surface area (Å²) in [6.45, 7) is 0. The molecule has 0 radical (unpaired) electrons. The first-order valence-electron chi connectivity index (χ1n) is 25.5. The van der Waals surface area contributed by atoms with E-state index < -0.39 is 7.82 Å². The Morgan fingerprint density at radius 2 is 0.527 bits per heavy atom. The van der Waals surface area contributed by atoms with E-state index in [-0.39, 0.29) is 6.10 Å². The molecule has 0 amide bonds. The van der Waals surface area contributed by atoms with Crippen molar-refractivity contribution in [3.63, 3.8) is 0 Å². The van der Waals surface area contributed by atoms with Crippen LogP contribution in [-0.4, -0.2) is 15.9 Å². The third-order valence-corrected chi connectivity index (χ3v) is 23.1. The fourth-order valence-electron chi connectivity index (χ4n) is 20.6. The zero-order valence-corrected chi connectivity index (χ0v) is 35.4. The molecule has 308 valence electrons. The molecule has 0 aromatic heterocycles. The van der Waals surface area contributed by atoms with Gasteiger partial charge in [0.15, 0.2) is 0 Å². The maximum atomic E-state index is 11.9. The van der Waals surface area contributed by atoms with Crippen LogP contribution in [0.4, 0.5) is 0 Å². The van der Waals surface area contributed by atoms with E-state index >= 15 is 0 Å². The summed E-state index contributed by atoms with van der Waals surface area (Å²) < 4.78 is 17.3. The van der Waals surface area contributed by atoms with Crippen molar-refractivity contribution in [3.8, 4) is 0 Å². The molecule has 0 spiro atoms. The molecule has 12 saturated carbocycles. The summed E-state index contributed by atoms with van der Waals surface area (Å²) in [4.78, 5) is 19.3. The fourth-order valence-corrected chi connectivity index (χ4v) is 21.2. The molecule has 12 fully saturated rings. The van der Waals surface area contributed by atoms with E-state index in [0.29, 0.717) is 11.8 Å². The van der Waals surface area contributed by atoms with Gasteiger partial charge in [-0.1, -0.05) is 32.1 Å². The van der Waals surface area contributed by atoms with Crippen LogP contribution in [0.2, 0.25) is 0 Å². The van der Waals surface area contributed by atoms with Crippen molar-refractivity contribution in [2.45, 2.75) is 179 Å². The number of fused-ring (bicyclic) bond motifs is 11. The Morgan fingerprint density at radius 1 is 0.291 bits per heavy atom. The lowest BCUT2D eigenvalue weighted by molar-refractivity contribution is -0.0911. The van der Waals surface area contributed by atoms with Crippen LogP contribution in [0.1, 0.15) is 173 Å². The molecular formula is C50H79O4P. The standard InChI is InChI=1S/C50H79O4P/c51-55(52,53)54-50-7-3-6-30-10-33-13-36-16-39-19-42-22-43-20-40-17-37-14-34-11-31-8-28-4-1-2-5-29(28)9-32(31)12-35(34)15-38(37)18-41(40)21-44(43)23-45(42)24-46(39)25-47(36)26-48(33)27-49(30)50/h28-50H,1-27H2,(H2,51,52,53). The van der Waals surface area contributed by atoms with E-state index in [2.05, 4.69) is 0 Å². The molecule has 12 aliphatic rings. The SMILES string of the molecule is O=P(O)(O)OC1CCCC2CC3CC4CC5CC6CC7CC8CC9CC%10CC%11CC%12CCCCC%12CC%11CC%10CC9CC8CC7CC6CC5CC4CC3CC21. The summed E-state index contributed by atoms with van der Waals surface area (Å²) in [6.07, 6.45) is 40.4. The molecule has 12 aliphatic carbocycles. The zero-order valence-electron chi connectivity index (χ0n) is 34.5. The van der Waals surface area contributed by atoms with Crippen molar-refractivity contribution in [2.24, 2.45) is 130 Å². The second-order valence-corrected chi connectivity index (χ2v) is 25.9. The largest absolute Gasteiger partial charge is 0.469 e. The van der Waals surface area contributed by atoms with Crippen LogP contribution in [-0.2, 0) is 9.09 Å². The van der Waals surface area contributed by atoms with Gasteiger partial charge in [0.05, 0.1) is 6.10 Å². The highest BCUT2D eigenvalue weighted by atomic mass is 31.2. The first kappa shape index (κ1) is 36.9. The molecule has 2 N–H and O–H groups in total. The lowest BCUT2D eigenvalue weighted by Gasteiger charge is -2.59. The van der Waals surface area contributed by atoms with Gasteiger partial charge in [0.25, 0.3) is 0 Å². The minimum atomic E-state index is -4.42. The Hall–Kier alpha value is 0.110. The van der Waals surface area contributed by atoms with E-state index in [4.69, 9.17) is 4.52 Å². The molecule has 0 aliphatic heterocycles. The average Bonchev–Trinajstić information content (AvgIpc) is 3.15. The smallest absolute Gasteiger partial charge is 0.303 e. The molecule has 5 heteroatoms. The van der Waals surface area contributed by atoms with Crippen LogP contribution in [0, 0.1) is 130 Å². The molecule has 0 aromatic carbocycles. The van der Waals surface area contributed by atoms with Crippen molar-refractivity contribution in [2.75, 3.05) is 0 Å². The van der Waals surface area contributed by atoms with Gasteiger partial charge >= 0.3 is 7.82 Å². The summed E-state index contributed by atoms with van der Waals surface area (Å²) in [5, 5.41) is 0. The highest BCUT2D eigenvalue weighted by Crippen LogP contribution is 2.65. The van der Waals surface area contributed by atoms with E-state index in [1.54, 1.807) is 109 Å². The molecule has 0 aromatic rings. The molecule has 0 bridgehead atoms. The topological polar surface area (TPSA) is 66.8 Å². The highest BCUT2D eigenvalue weighted by molar-refractivity contribution is 7.46. The molecule has 4 nitrogen and oxygen atoms in total. The summed E-state index contributed by atoms with van der Waals surface area (Å²) >= 11 is 0. The van der Waals surface area contributed by atoms with Gasteiger partial charge < -0.3 is 9.79 Å². The first-order chi connectivity index (χ1) is 26.7. The molecule has 12 rings (SSSR count). The molecular weight excluding hydrogens is 696 g/mol. The van der Waals surface area contributed by atoms with Crippen molar-refractivity contribution < 1.29 is 18.9 Å². The van der Waals surface area contributed by atoms with Gasteiger partial charge in [0.1, 0.15) is 0 Å². The summed E-state index contributed by atoms with van der Waals surface area (Å²) in [5.41, 5.74) is 0. The monoisotopic (exact) mass is 775 g/mol. The number of phosphoric ester groups is 1. The highest BCUT2D eigenvalue weighted by Gasteiger charge is 2.55. The van der Waals surface area contributed by atoms with E-state index in [1.807, 2.05) is 0 Å².